The molecular formula is C48H95FN2O3. The molecule has 3 atom stereocenters. The molecule has 3 unspecified atom stereocenters. The third-order valence-corrected chi connectivity index (χ3v) is 11.5. The third kappa shape index (κ3) is 33.0. The molecular weight excluding hydrogens is 672 g/mol. The molecule has 0 fully saturated rings. The monoisotopic (exact) mass is 767 g/mol. The number of rotatable bonds is 42. The predicted octanol–water partition coefficient (Wildman–Crippen LogP) is 14.6. The van der Waals surface area contributed by atoms with Crippen molar-refractivity contribution < 1.29 is 18.7 Å². The van der Waals surface area contributed by atoms with E-state index in [4.69, 9.17) is 4.74 Å². The smallest absolute Gasteiger partial charge is 0.340 e. The summed E-state index contributed by atoms with van der Waals surface area (Å²) in [6, 6.07) is 0.206. The summed E-state index contributed by atoms with van der Waals surface area (Å²) in [7, 11) is 4.15. The van der Waals surface area contributed by atoms with Gasteiger partial charge in [0.05, 0.1) is 6.61 Å². The van der Waals surface area contributed by atoms with Gasteiger partial charge in [-0.2, -0.15) is 0 Å². The number of hydrogen-bond acceptors (Lipinski definition) is 4. The van der Waals surface area contributed by atoms with Crippen LogP contribution in [0.5, 0.6) is 0 Å². The van der Waals surface area contributed by atoms with Crippen LogP contribution in [0.2, 0.25) is 0 Å². The maximum atomic E-state index is 15.2. The fourth-order valence-corrected chi connectivity index (χ4v) is 7.91. The molecule has 6 heteroatoms. The van der Waals surface area contributed by atoms with Gasteiger partial charge in [-0.3, -0.25) is 4.79 Å². The van der Waals surface area contributed by atoms with Crippen molar-refractivity contribution >= 4 is 11.9 Å². The van der Waals surface area contributed by atoms with Crippen molar-refractivity contribution in [3.05, 3.63) is 0 Å². The first-order chi connectivity index (χ1) is 26.3. The van der Waals surface area contributed by atoms with Crippen LogP contribution in [0.1, 0.15) is 246 Å². The van der Waals surface area contributed by atoms with Gasteiger partial charge in [-0.05, 0) is 77.9 Å². The number of unbranched alkanes of at least 4 members (excludes halogenated alkanes) is 22. The van der Waals surface area contributed by atoms with Gasteiger partial charge >= 0.3 is 5.97 Å². The van der Waals surface area contributed by atoms with Gasteiger partial charge in [0.2, 0.25) is 5.91 Å². The zero-order valence-corrected chi connectivity index (χ0v) is 37.4. The maximum Gasteiger partial charge on any atom is 0.340 e. The number of nitrogens with zero attached hydrogens (tertiary/aromatic N) is 2. The Morgan fingerprint density at radius 3 is 1.35 bits per heavy atom. The maximum absolute atomic E-state index is 15.2. The van der Waals surface area contributed by atoms with Crippen molar-refractivity contribution in [3.8, 4) is 0 Å². The van der Waals surface area contributed by atoms with Crippen LogP contribution in [0.3, 0.4) is 0 Å². The number of hydrogen-bond donors (Lipinski definition) is 0. The molecule has 0 aliphatic heterocycles. The Morgan fingerprint density at radius 2 is 0.870 bits per heavy atom. The predicted molar refractivity (Wildman–Crippen MR) is 233 cm³/mol. The molecule has 0 aromatic carbocycles. The van der Waals surface area contributed by atoms with Gasteiger partial charge in [-0.15, -0.1) is 0 Å². The molecule has 0 heterocycles. The summed E-state index contributed by atoms with van der Waals surface area (Å²) >= 11 is 0. The van der Waals surface area contributed by atoms with Gasteiger partial charge < -0.3 is 14.5 Å². The van der Waals surface area contributed by atoms with E-state index in [1.807, 2.05) is 0 Å². The number of ether oxygens (including phenoxy) is 1. The Kier molecular flexibility index (Phi) is 39.2. The summed E-state index contributed by atoms with van der Waals surface area (Å²) in [6.45, 7) is 11.1. The molecule has 0 saturated heterocycles. The van der Waals surface area contributed by atoms with Crippen LogP contribution in [0.4, 0.5) is 4.39 Å². The van der Waals surface area contributed by atoms with E-state index in [0.29, 0.717) is 31.3 Å². The van der Waals surface area contributed by atoms with Gasteiger partial charge in [-0.1, -0.05) is 188 Å². The van der Waals surface area contributed by atoms with Crippen LogP contribution in [-0.4, -0.2) is 67.7 Å². The van der Waals surface area contributed by atoms with Gasteiger partial charge in [0.15, 0.2) is 6.17 Å². The normalized spacial score (nSPS) is 13.3. The minimum Gasteiger partial charge on any atom is -0.463 e. The lowest BCUT2D eigenvalue weighted by molar-refractivity contribution is -0.151. The largest absolute Gasteiger partial charge is 0.463 e. The van der Waals surface area contributed by atoms with Crippen LogP contribution in [0.15, 0.2) is 0 Å². The summed E-state index contributed by atoms with van der Waals surface area (Å²) in [5.41, 5.74) is 0. The molecule has 1 amide bonds. The Bertz CT molecular complexity index is 809. The van der Waals surface area contributed by atoms with Crippen LogP contribution >= 0.6 is 0 Å². The molecule has 0 N–H and O–H groups in total. The molecule has 54 heavy (non-hydrogen) atoms. The number of amides is 1. The number of alkyl halides is 1. The van der Waals surface area contributed by atoms with Gasteiger partial charge in [0, 0.05) is 19.0 Å². The molecule has 0 bridgehead atoms. The van der Waals surface area contributed by atoms with E-state index in [1.54, 1.807) is 0 Å². The molecule has 0 aromatic heterocycles. The second-order valence-electron chi connectivity index (χ2n) is 17.2. The van der Waals surface area contributed by atoms with E-state index >= 15 is 4.39 Å². The minimum absolute atomic E-state index is 0.206. The molecule has 0 aliphatic rings. The zero-order valence-electron chi connectivity index (χ0n) is 37.4. The van der Waals surface area contributed by atoms with E-state index in [2.05, 4.69) is 51.6 Å². The quantitative estimate of drug-likeness (QED) is 0.0459. The highest BCUT2D eigenvalue weighted by Gasteiger charge is 2.24. The highest BCUT2D eigenvalue weighted by molar-refractivity contribution is 5.76. The Hall–Kier alpha value is -1.17. The lowest BCUT2D eigenvalue weighted by Gasteiger charge is -2.33. The average molecular weight is 767 g/mol. The lowest BCUT2D eigenvalue weighted by atomic mass is 9.95. The van der Waals surface area contributed by atoms with Crippen molar-refractivity contribution in [1.82, 2.24) is 9.80 Å². The lowest BCUT2D eigenvalue weighted by Crippen LogP contribution is -2.41. The summed E-state index contributed by atoms with van der Waals surface area (Å²) in [5.74, 6) is -0.0210. The van der Waals surface area contributed by atoms with E-state index in [-0.39, 0.29) is 12.5 Å². The number of carbonyl (C=O) groups excluding carboxylic acids is 2. The Balaban J connectivity index is 5.22. The molecule has 0 spiro atoms. The Labute approximate surface area is 337 Å². The zero-order chi connectivity index (χ0) is 39.9. The third-order valence-electron chi connectivity index (χ3n) is 11.5. The molecule has 5 nitrogen and oxygen atoms in total. The van der Waals surface area contributed by atoms with Crippen LogP contribution < -0.4 is 0 Å². The van der Waals surface area contributed by atoms with Crippen molar-refractivity contribution in [1.29, 1.82) is 0 Å². The SMILES string of the molecule is CCCCCCCCCCN(C(=O)CCCN(C)C)C(CCCCCCCCC)CCCCC(F)C(=O)OCC(CCCCCC)CCCCCCCC. The van der Waals surface area contributed by atoms with E-state index in [1.165, 1.54) is 148 Å². The topological polar surface area (TPSA) is 49.9 Å². The summed E-state index contributed by atoms with van der Waals surface area (Å²) in [4.78, 5) is 31.0. The van der Waals surface area contributed by atoms with Crippen molar-refractivity contribution in [3.63, 3.8) is 0 Å². The first-order valence-electron chi connectivity index (χ1n) is 24.0. The van der Waals surface area contributed by atoms with Gasteiger partial charge in [0.1, 0.15) is 0 Å². The second-order valence-corrected chi connectivity index (χ2v) is 17.2. The molecule has 322 valence electrons. The van der Waals surface area contributed by atoms with Crippen molar-refractivity contribution in [2.45, 2.75) is 258 Å². The average Bonchev–Trinajstić information content (AvgIpc) is 3.16. The van der Waals surface area contributed by atoms with Crippen LogP contribution in [0, 0.1) is 5.92 Å². The van der Waals surface area contributed by atoms with E-state index < -0.39 is 12.1 Å². The van der Waals surface area contributed by atoms with Crippen LogP contribution in [0.25, 0.3) is 0 Å². The first-order valence-corrected chi connectivity index (χ1v) is 24.0. The molecule has 0 radical (unpaired) electrons. The Morgan fingerprint density at radius 1 is 0.481 bits per heavy atom. The minimum atomic E-state index is -1.55. The second kappa shape index (κ2) is 40.0. The number of esters is 1. The van der Waals surface area contributed by atoms with Crippen LogP contribution in [-0.2, 0) is 14.3 Å². The summed E-state index contributed by atoms with van der Waals surface area (Å²) in [5, 5.41) is 0. The highest BCUT2D eigenvalue weighted by Crippen LogP contribution is 2.23. The molecule has 0 aliphatic carbocycles. The number of carbonyl (C=O) groups is 2. The molecule has 0 saturated carbocycles. The summed E-state index contributed by atoms with van der Waals surface area (Å²) in [6.07, 6.45) is 37.0. The molecule has 0 rings (SSSR count). The van der Waals surface area contributed by atoms with Gasteiger partial charge in [-0.25, -0.2) is 9.18 Å². The number of halogens is 1. The van der Waals surface area contributed by atoms with Crippen molar-refractivity contribution in [2.24, 2.45) is 5.92 Å². The summed E-state index contributed by atoms with van der Waals surface area (Å²) < 4.78 is 20.9. The molecule has 0 aromatic rings. The highest BCUT2D eigenvalue weighted by atomic mass is 19.1. The van der Waals surface area contributed by atoms with E-state index in [9.17, 15) is 9.59 Å². The van der Waals surface area contributed by atoms with Gasteiger partial charge in [0.25, 0.3) is 0 Å². The fraction of sp³-hybridized carbons (Fsp3) is 0.958. The van der Waals surface area contributed by atoms with E-state index in [0.717, 1.165) is 64.5 Å². The standard InChI is InChI=1S/C48H95FN2O3/c1-7-11-15-19-22-24-27-33-42-51(47(52)40-34-41-50(5)6)45(37-30-26-23-20-16-12-8-2)38-31-32-39-46(49)48(53)54-43-44(35-28-18-14-10-4)36-29-25-21-17-13-9-3/h44-46H,7-43H2,1-6H3. The fourth-order valence-electron chi connectivity index (χ4n) is 7.91. The van der Waals surface area contributed by atoms with Crippen molar-refractivity contribution in [2.75, 3.05) is 33.8 Å². The first kappa shape index (κ1) is 52.8.